The average Bonchev–Trinajstić information content (AvgIpc) is 3.28. The zero-order chi connectivity index (χ0) is 24.1. The van der Waals surface area contributed by atoms with Crippen molar-refractivity contribution in [2.45, 2.75) is 80.6 Å². The molecule has 32 heavy (non-hydrogen) atoms. The fraction of sp³-hybridized carbons (Fsp3) is 0.583. The fourth-order valence-electron chi connectivity index (χ4n) is 4.11. The molecule has 1 aliphatic heterocycles. The van der Waals surface area contributed by atoms with Gasteiger partial charge in [0.25, 0.3) is 10.0 Å². The molecule has 0 radical (unpaired) electrons. The summed E-state index contributed by atoms with van der Waals surface area (Å²) in [6, 6.07) is 7.31. The summed E-state index contributed by atoms with van der Waals surface area (Å²) >= 11 is 1.69. The van der Waals surface area contributed by atoms with E-state index in [2.05, 4.69) is 53.7 Å². The van der Waals surface area contributed by atoms with Crippen molar-refractivity contribution in [3.8, 4) is 5.75 Å². The largest absolute Gasteiger partial charge is 0.507 e. The first-order chi connectivity index (χ1) is 14.7. The lowest BCUT2D eigenvalue weighted by atomic mass is 9.79. The zero-order valence-electron chi connectivity index (χ0n) is 20.1. The van der Waals surface area contributed by atoms with Gasteiger partial charge in [-0.25, -0.2) is 8.42 Å². The minimum atomic E-state index is -3.62. The molecule has 0 bridgehead atoms. The maximum absolute atomic E-state index is 13.2. The molecule has 0 saturated carbocycles. The van der Waals surface area contributed by atoms with E-state index in [1.165, 1.54) is 4.31 Å². The predicted octanol–water partition coefficient (Wildman–Crippen LogP) is 4.37. The SMILES string of the molecule is Cn1c(CO)ccc1S(=O)(=O)N1CCC(Sc2cc(C(C)(C)C)c(O)c(C(C)(C)C)c2)C1. The molecule has 178 valence electrons. The molecule has 1 aromatic heterocycles. The highest BCUT2D eigenvalue weighted by atomic mass is 32.2. The smallest absolute Gasteiger partial charge is 0.258 e. The number of phenols is 1. The maximum atomic E-state index is 13.2. The van der Waals surface area contributed by atoms with Gasteiger partial charge in [-0.2, -0.15) is 4.31 Å². The number of aromatic nitrogens is 1. The summed E-state index contributed by atoms with van der Waals surface area (Å²) in [4.78, 5) is 1.06. The summed E-state index contributed by atoms with van der Waals surface area (Å²) < 4.78 is 29.4. The van der Waals surface area contributed by atoms with Crippen LogP contribution in [0.3, 0.4) is 0 Å². The predicted molar refractivity (Wildman–Crippen MR) is 130 cm³/mol. The number of aliphatic hydroxyl groups excluding tert-OH is 1. The van der Waals surface area contributed by atoms with Crippen LogP contribution < -0.4 is 0 Å². The van der Waals surface area contributed by atoms with Gasteiger partial charge in [-0.1, -0.05) is 41.5 Å². The number of aromatic hydroxyl groups is 1. The monoisotopic (exact) mass is 480 g/mol. The normalized spacial score (nSPS) is 18.4. The Bertz CT molecular complexity index is 1060. The summed E-state index contributed by atoms with van der Waals surface area (Å²) in [7, 11) is -1.96. The summed E-state index contributed by atoms with van der Waals surface area (Å²) in [5.41, 5.74) is 1.98. The van der Waals surface area contributed by atoms with Crippen molar-refractivity contribution in [1.82, 2.24) is 8.87 Å². The molecule has 2 heterocycles. The zero-order valence-corrected chi connectivity index (χ0v) is 21.8. The van der Waals surface area contributed by atoms with E-state index in [1.54, 1.807) is 35.5 Å². The number of hydrogen-bond acceptors (Lipinski definition) is 5. The van der Waals surface area contributed by atoms with Crippen molar-refractivity contribution in [3.05, 3.63) is 41.1 Å². The van der Waals surface area contributed by atoms with Gasteiger partial charge in [0.15, 0.2) is 5.03 Å². The van der Waals surface area contributed by atoms with Gasteiger partial charge in [0.2, 0.25) is 0 Å². The second kappa shape index (κ2) is 8.70. The lowest BCUT2D eigenvalue weighted by Gasteiger charge is -2.28. The summed E-state index contributed by atoms with van der Waals surface area (Å²) in [5, 5.41) is 20.7. The van der Waals surface area contributed by atoms with Crippen molar-refractivity contribution < 1.29 is 18.6 Å². The van der Waals surface area contributed by atoms with Gasteiger partial charge in [-0.05, 0) is 41.5 Å². The van der Waals surface area contributed by atoms with Crippen LogP contribution in [0, 0.1) is 0 Å². The molecule has 1 fully saturated rings. The third-order valence-electron chi connectivity index (χ3n) is 6.06. The molecule has 1 aliphatic rings. The number of aliphatic hydroxyl groups is 1. The Balaban J connectivity index is 1.86. The van der Waals surface area contributed by atoms with Crippen LogP contribution in [-0.4, -0.2) is 45.8 Å². The van der Waals surface area contributed by atoms with E-state index in [9.17, 15) is 18.6 Å². The number of hydrogen-bond donors (Lipinski definition) is 2. The van der Waals surface area contributed by atoms with E-state index in [1.807, 2.05) is 0 Å². The summed E-state index contributed by atoms with van der Waals surface area (Å²) in [6.45, 7) is 13.2. The minimum absolute atomic E-state index is 0.132. The Morgan fingerprint density at radius 3 is 2.09 bits per heavy atom. The molecule has 1 unspecified atom stereocenters. The molecular weight excluding hydrogens is 444 g/mol. The van der Waals surface area contributed by atoms with E-state index in [0.29, 0.717) is 24.5 Å². The Kier molecular flexibility index (Phi) is 6.84. The van der Waals surface area contributed by atoms with Gasteiger partial charge < -0.3 is 14.8 Å². The third kappa shape index (κ3) is 4.88. The van der Waals surface area contributed by atoms with Crippen molar-refractivity contribution in [2.75, 3.05) is 13.1 Å². The standard InChI is InChI=1S/C24H36N2O4S2/c1-23(2,3)19-12-18(13-20(22(19)28)24(4,5)6)31-17-10-11-26(14-17)32(29,30)21-9-8-16(15-27)25(21)7/h8-9,12-13,17,27-28H,10-11,14-15H2,1-7H3. The second-order valence-electron chi connectivity index (χ2n) is 10.6. The van der Waals surface area contributed by atoms with E-state index in [-0.39, 0.29) is 27.7 Å². The number of benzene rings is 1. The van der Waals surface area contributed by atoms with Crippen LogP contribution in [0.4, 0.5) is 0 Å². The number of phenolic OH excluding ortho intramolecular Hbond substituents is 1. The van der Waals surface area contributed by atoms with Crippen molar-refractivity contribution >= 4 is 21.8 Å². The molecule has 6 nitrogen and oxygen atoms in total. The van der Waals surface area contributed by atoms with Crippen LogP contribution in [0.25, 0.3) is 0 Å². The summed E-state index contributed by atoms with van der Waals surface area (Å²) in [5.74, 6) is 0.355. The van der Waals surface area contributed by atoms with Crippen molar-refractivity contribution in [3.63, 3.8) is 0 Å². The molecule has 2 aromatic rings. The van der Waals surface area contributed by atoms with Gasteiger partial charge in [-0.15, -0.1) is 11.8 Å². The molecule has 1 saturated heterocycles. The van der Waals surface area contributed by atoms with E-state index in [0.717, 1.165) is 22.4 Å². The van der Waals surface area contributed by atoms with Gasteiger partial charge in [0, 0.05) is 47.1 Å². The second-order valence-corrected chi connectivity index (χ2v) is 13.9. The van der Waals surface area contributed by atoms with Crippen molar-refractivity contribution in [2.24, 2.45) is 7.05 Å². The Morgan fingerprint density at radius 1 is 1.06 bits per heavy atom. The molecule has 0 spiro atoms. The van der Waals surface area contributed by atoms with Crippen LogP contribution in [0.5, 0.6) is 5.75 Å². The fourth-order valence-corrected chi connectivity index (χ4v) is 7.13. The first-order valence-corrected chi connectivity index (χ1v) is 13.3. The highest BCUT2D eigenvalue weighted by Gasteiger charge is 2.35. The quantitative estimate of drug-likeness (QED) is 0.664. The van der Waals surface area contributed by atoms with Crippen LogP contribution in [0.1, 0.15) is 64.8 Å². The topological polar surface area (TPSA) is 82.8 Å². The number of rotatable bonds is 5. The molecular formula is C24H36N2O4S2. The Labute approximate surface area is 196 Å². The van der Waals surface area contributed by atoms with Gasteiger partial charge in [-0.3, -0.25) is 0 Å². The molecule has 1 aromatic carbocycles. The number of nitrogens with zero attached hydrogens (tertiary/aromatic N) is 2. The van der Waals surface area contributed by atoms with Crippen molar-refractivity contribution in [1.29, 1.82) is 0 Å². The lowest BCUT2D eigenvalue weighted by molar-refractivity contribution is 0.271. The molecule has 0 aliphatic carbocycles. The Hall–Kier alpha value is -1.48. The van der Waals surface area contributed by atoms with Gasteiger partial charge in [0.1, 0.15) is 5.75 Å². The average molecular weight is 481 g/mol. The van der Waals surface area contributed by atoms with E-state index < -0.39 is 10.0 Å². The molecule has 1 atom stereocenters. The molecule has 0 amide bonds. The van der Waals surface area contributed by atoms with Crippen LogP contribution in [0.15, 0.2) is 34.2 Å². The van der Waals surface area contributed by atoms with Gasteiger partial charge >= 0.3 is 0 Å². The minimum Gasteiger partial charge on any atom is -0.507 e. The highest BCUT2D eigenvalue weighted by Crippen LogP contribution is 2.43. The van der Waals surface area contributed by atoms with E-state index >= 15 is 0 Å². The van der Waals surface area contributed by atoms with Crippen LogP contribution in [-0.2, 0) is 34.5 Å². The molecule has 3 rings (SSSR count). The first-order valence-electron chi connectivity index (χ1n) is 11.0. The van der Waals surface area contributed by atoms with Crippen LogP contribution in [0.2, 0.25) is 0 Å². The molecule has 8 heteroatoms. The lowest BCUT2D eigenvalue weighted by Crippen LogP contribution is -2.30. The number of sulfonamides is 1. The highest BCUT2D eigenvalue weighted by molar-refractivity contribution is 8.00. The first kappa shape index (κ1) is 25.1. The Morgan fingerprint density at radius 2 is 1.62 bits per heavy atom. The summed E-state index contributed by atoms with van der Waals surface area (Å²) in [6.07, 6.45) is 0.762. The van der Waals surface area contributed by atoms with Crippen LogP contribution >= 0.6 is 11.8 Å². The third-order valence-corrected chi connectivity index (χ3v) is 9.23. The van der Waals surface area contributed by atoms with Gasteiger partial charge in [0.05, 0.1) is 6.61 Å². The maximum Gasteiger partial charge on any atom is 0.258 e. The van der Waals surface area contributed by atoms with E-state index in [4.69, 9.17) is 0 Å². The molecule has 2 N–H and O–H groups in total. The number of thioether (sulfide) groups is 1.